The van der Waals surface area contributed by atoms with E-state index in [2.05, 4.69) is 0 Å². The van der Waals surface area contributed by atoms with Crippen molar-refractivity contribution >= 4 is 34.5 Å². The quantitative estimate of drug-likeness (QED) is 0.305. The molecule has 2 atom stereocenters. The fraction of sp³-hybridized carbons (Fsp3) is 0.290. The summed E-state index contributed by atoms with van der Waals surface area (Å²) >= 11 is 6.11. The summed E-state index contributed by atoms with van der Waals surface area (Å²) < 4.78 is 13.2. The molecule has 2 heterocycles. The van der Waals surface area contributed by atoms with E-state index in [0.29, 0.717) is 54.0 Å². The zero-order chi connectivity index (χ0) is 27.1. The van der Waals surface area contributed by atoms with Gasteiger partial charge in [-0.3, -0.25) is 9.59 Å². The summed E-state index contributed by atoms with van der Waals surface area (Å²) in [4.78, 5) is 36.4. The number of carboxylic acid groups (broad SMARTS) is 1. The number of carbonyl (C=O) groups is 2. The SMILES string of the molecule is O=C(O)C1CCC(Cc2nc3cc(C(=O)N4CC(c5ccc(F)cc5)C4)ccc3nc2-c2ccc(Cl)cc2)C1. The molecule has 2 aliphatic rings. The van der Waals surface area contributed by atoms with Gasteiger partial charge in [-0.05, 0) is 79.6 Å². The van der Waals surface area contributed by atoms with E-state index in [1.54, 1.807) is 29.2 Å². The van der Waals surface area contributed by atoms with Crippen molar-refractivity contribution in [1.29, 1.82) is 0 Å². The number of hydrogen-bond acceptors (Lipinski definition) is 4. The molecule has 1 N–H and O–H groups in total. The first kappa shape index (κ1) is 25.4. The number of aliphatic carboxylic acids is 1. The number of benzene rings is 3. The number of halogens is 2. The van der Waals surface area contributed by atoms with Gasteiger partial charge in [-0.1, -0.05) is 35.9 Å². The van der Waals surface area contributed by atoms with Gasteiger partial charge in [0.25, 0.3) is 5.91 Å². The van der Waals surface area contributed by atoms with E-state index in [-0.39, 0.29) is 29.5 Å². The van der Waals surface area contributed by atoms with E-state index in [0.717, 1.165) is 28.9 Å². The number of aromatic nitrogens is 2. The standard InChI is InChI=1S/C31H27ClFN3O3/c32-24-8-3-20(4-9-24)29-28(14-18-1-2-22(13-18)31(38)39)34-27-15-21(7-12-26(27)35-29)30(37)36-16-23(17-36)19-5-10-25(33)11-6-19/h3-12,15,18,22-23H,1-2,13-14,16-17H2,(H,38,39). The summed E-state index contributed by atoms with van der Waals surface area (Å²) in [5.74, 6) is -0.989. The Morgan fingerprint density at radius 1 is 0.949 bits per heavy atom. The normalized spacial score (nSPS) is 19.3. The van der Waals surface area contributed by atoms with Gasteiger partial charge in [0.15, 0.2) is 0 Å². The minimum atomic E-state index is -0.740. The monoisotopic (exact) mass is 543 g/mol. The van der Waals surface area contributed by atoms with Crippen LogP contribution in [0, 0.1) is 17.7 Å². The van der Waals surface area contributed by atoms with E-state index in [4.69, 9.17) is 21.6 Å². The third kappa shape index (κ3) is 5.23. The van der Waals surface area contributed by atoms with Crippen LogP contribution >= 0.6 is 11.6 Å². The highest BCUT2D eigenvalue weighted by atomic mass is 35.5. The Bertz CT molecular complexity index is 1550. The summed E-state index contributed by atoms with van der Waals surface area (Å²) in [5.41, 5.74) is 5.34. The van der Waals surface area contributed by atoms with Crippen LogP contribution in [0.5, 0.6) is 0 Å². The maximum atomic E-state index is 13.2. The molecule has 198 valence electrons. The Labute approximate surface area is 230 Å². The van der Waals surface area contributed by atoms with Crippen LogP contribution in [-0.2, 0) is 11.2 Å². The van der Waals surface area contributed by atoms with Crippen LogP contribution in [0.2, 0.25) is 5.02 Å². The first-order valence-electron chi connectivity index (χ1n) is 13.2. The molecule has 1 saturated heterocycles. The van der Waals surface area contributed by atoms with E-state index in [1.165, 1.54) is 12.1 Å². The molecular formula is C31H27ClFN3O3. The topological polar surface area (TPSA) is 83.4 Å². The van der Waals surface area contributed by atoms with Crippen molar-refractivity contribution in [1.82, 2.24) is 14.9 Å². The average Bonchev–Trinajstić information content (AvgIpc) is 3.38. The largest absolute Gasteiger partial charge is 0.481 e. The number of carbonyl (C=O) groups excluding carboxylic acids is 1. The highest BCUT2D eigenvalue weighted by molar-refractivity contribution is 6.30. The zero-order valence-corrected chi connectivity index (χ0v) is 21.9. The van der Waals surface area contributed by atoms with Gasteiger partial charge < -0.3 is 10.0 Å². The minimum Gasteiger partial charge on any atom is -0.481 e. The lowest BCUT2D eigenvalue weighted by atomic mass is 9.91. The number of hydrogen-bond donors (Lipinski definition) is 1. The molecule has 0 spiro atoms. The highest BCUT2D eigenvalue weighted by Crippen LogP contribution is 2.36. The second-order valence-corrected chi connectivity index (χ2v) is 11.0. The third-order valence-corrected chi connectivity index (χ3v) is 8.24. The molecule has 2 unspecified atom stereocenters. The Kier molecular flexibility index (Phi) is 6.77. The van der Waals surface area contributed by atoms with Crippen LogP contribution in [0.4, 0.5) is 4.39 Å². The molecule has 0 radical (unpaired) electrons. The third-order valence-electron chi connectivity index (χ3n) is 7.98. The number of fused-ring (bicyclic) bond motifs is 1. The maximum Gasteiger partial charge on any atom is 0.306 e. The first-order valence-corrected chi connectivity index (χ1v) is 13.6. The number of rotatable bonds is 6. The number of nitrogens with zero attached hydrogens (tertiary/aromatic N) is 3. The Hall–Kier alpha value is -3.84. The second-order valence-electron chi connectivity index (χ2n) is 10.6. The van der Waals surface area contributed by atoms with Crippen molar-refractivity contribution in [2.45, 2.75) is 31.6 Å². The Balaban J connectivity index is 1.27. The lowest BCUT2D eigenvalue weighted by Crippen LogP contribution is -2.48. The lowest BCUT2D eigenvalue weighted by Gasteiger charge is -2.39. The Morgan fingerprint density at radius 3 is 2.38 bits per heavy atom. The van der Waals surface area contributed by atoms with Gasteiger partial charge in [-0.15, -0.1) is 0 Å². The van der Waals surface area contributed by atoms with Crippen LogP contribution in [0.25, 0.3) is 22.3 Å². The molecular weight excluding hydrogens is 517 g/mol. The zero-order valence-electron chi connectivity index (χ0n) is 21.2. The molecule has 1 aromatic heterocycles. The van der Waals surface area contributed by atoms with Crippen molar-refractivity contribution in [2.24, 2.45) is 11.8 Å². The molecule has 1 saturated carbocycles. The van der Waals surface area contributed by atoms with Crippen molar-refractivity contribution in [3.63, 3.8) is 0 Å². The molecule has 3 aromatic carbocycles. The van der Waals surface area contributed by atoms with Gasteiger partial charge in [0, 0.05) is 35.2 Å². The van der Waals surface area contributed by atoms with Crippen LogP contribution in [0.1, 0.15) is 46.8 Å². The number of carboxylic acids is 1. The summed E-state index contributed by atoms with van der Waals surface area (Å²) in [6, 6.07) is 19.3. The average molecular weight is 544 g/mol. The van der Waals surface area contributed by atoms with Gasteiger partial charge in [0.2, 0.25) is 0 Å². The highest BCUT2D eigenvalue weighted by Gasteiger charge is 2.33. The van der Waals surface area contributed by atoms with Crippen LogP contribution < -0.4 is 0 Å². The summed E-state index contributed by atoms with van der Waals surface area (Å²) in [7, 11) is 0. The number of amides is 1. The molecule has 39 heavy (non-hydrogen) atoms. The molecule has 0 bridgehead atoms. The lowest BCUT2D eigenvalue weighted by molar-refractivity contribution is -0.141. The van der Waals surface area contributed by atoms with Gasteiger partial charge in [-0.25, -0.2) is 14.4 Å². The molecule has 6 nitrogen and oxygen atoms in total. The van der Waals surface area contributed by atoms with Crippen molar-refractivity contribution in [3.05, 3.63) is 94.4 Å². The molecule has 2 fully saturated rings. The van der Waals surface area contributed by atoms with Gasteiger partial charge in [-0.2, -0.15) is 0 Å². The fourth-order valence-corrected chi connectivity index (χ4v) is 5.86. The summed E-state index contributed by atoms with van der Waals surface area (Å²) in [5, 5.41) is 10.1. The van der Waals surface area contributed by atoms with Crippen LogP contribution in [-0.4, -0.2) is 44.9 Å². The number of likely N-dealkylation sites (tertiary alicyclic amines) is 1. The minimum absolute atomic E-state index is 0.0690. The van der Waals surface area contributed by atoms with Crippen molar-refractivity contribution in [2.75, 3.05) is 13.1 Å². The summed E-state index contributed by atoms with van der Waals surface area (Å²) in [6.45, 7) is 1.17. The summed E-state index contributed by atoms with van der Waals surface area (Å²) in [6.07, 6.45) is 2.75. The second kappa shape index (κ2) is 10.4. The Morgan fingerprint density at radius 2 is 1.69 bits per heavy atom. The van der Waals surface area contributed by atoms with Crippen molar-refractivity contribution in [3.8, 4) is 11.3 Å². The molecule has 4 aromatic rings. The maximum absolute atomic E-state index is 13.2. The fourth-order valence-electron chi connectivity index (χ4n) is 5.74. The van der Waals surface area contributed by atoms with Gasteiger partial charge in [0.05, 0.1) is 28.3 Å². The van der Waals surface area contributed by atoms with Crippen LogP contribution in [0.3, 0.4) is 0 Å². The van der Waals surface area contributed by atoms with E-state index in [9.17, 15) is 19.1 Å². The first-order chi connectivity index (χ1) is 18.8. The molecule has 1 aliphatic carbocycles. The molecule has 6 rings (SSSR count). The van der Waals surface area contributed by atoms with Crippen molar-refractivity contribution < 1.29 is 19.1 Å². The van der Waals surface area contributed by atoms with Gasteiger partial charge in [0.1, 0.15) is 5.82 Å². The van der Waals surface area contributed by atoms with E-state index >= 15 is 0 Å². The molecule has 1 aliphatic heterocycles. The van der Waals surface area contributed by atoms with Gasteiger partial charge >= 0.3 is 5.97 Å². The smallest absolute Gasteiger partial charge is 0.306 e. The molecule has 1 amide bonds. The van der Waals surface area contributed by atoms with E-state index in [1.807, 2.05) is 30.3 Å². The predicted molar refractivity (Wildman–Crippen MR) is 147 cm³/mol. The molecule has 8 heteroatoms. The van der Waals surface area contributed by atoms with Crippen LogP contribution in [0.15, 0.2) is 66.7 Å². The predicted octanol–water partition coefficient (Wildman–Crippen LogP) is 6.37. The van der Waals surface area contributed by atoms with E-state index < -0.39 is 5.97 Å².